The smallest absolute Gasteiger partial charge is 0.361 e. The number of aromatic nitrogens is 2. The SMILES string of the molecule is Nc1nccnc1C(=O)OCc1ccccc1Cl. The van der Waals surface area contributed by atoms with E-state index in [0.717, 1.165) is 5.56 Å². The van der Waals surface area contributed by atoms with E-state index in [-0.39, 0.29) is 18.1 Å². The summed E-state index contributed by atoms with van der Waals surface area (Å²) in [6.45, 7) is 0.0640. The van der Waals surface area contributed by atoms with Crippen LogP contribution in [0.3, 0.4) is 0 Å². The Labute approximate surface area is 109 Å². The van der Waals surface area contributed by atoms with Crippen molar-refractivity contribution in [2.45, 2.75) is 6.61 Å². The summed E-state index contributed by atoms with van der Waals surface area (Å²) >= 11 is 5.94. The molecule has 18 heavy (non-hydrogen) atoms. The average molecular weight is 264 g/mol. The molecule has 0 radical (unpaired) electrons. The summed E-state index contributed by atoms with van der Waals surface area (Å²) in [5.41, 5.74) is 6.24. The highest BCUT2D eigenvalue weighted by Gasteiger charge is 2.14. The summed E-state index contributed by atoms with van der Waals surface area (Å²) in [5, 5.41) is 0.539. The van der Waals surface area contributed by atoms with Crippen molar-refractivity contribution in [1.29, 1.82) is 0 Å². The molecule has 2 aromatic rings. The number of ether oxygens (including phenoxy) is 1. The van der Waals surface area contributed by atoms with Crippen LogP contribution >= 0.6 is 11.6 Å². The molecule has 2 N–H and O–H groups in total. The van der Waals surface area contributed by atoms with Gasteiger partial charge in [0.05, 0.1) is 0 Å². The van der Waals surface area contributed by atoms with Gasteiger partial charge in [-0.05, 0) is 6.07 Å². The molecule has 1 aromatic heterocycles. The molecule has 0 aliphatic carbocycles. The van der Waals surface area contributed by atoms with E-state index in [1.165, 1.54) is 12.4 Å². The van der Waals surface area contributed by atoms with Crippen molar-refractivity contribution in [3.05, 3.63) is 52.9 Å². The zero-order chi connectivity index (χ0) is 13.0. The van der Waals surface area contributed by atoms with E-state index >= 15 is 0 Å². The number of benzene rings is 1. The van der Waals surface area contributed by atoms with E-state index in [2.05, 4.69) is 9.97 Å². The third-order valence-corrected chi connectivity index (χ3v) is 2.61. The second-order valence-electron chi connectivity index (χ2n) is 3.46. The Bertz CT molecular complexity index is 575. The molecule has 6 heteroatoms. The minimum atomic E-state index is -0.625. The first-order chi connectivity index (χ1) is 8.68. The maximum atomic E-state index is 11.7. The summed E-state index contributed by atoms with van der Waals surface area (Å²) in [7, 11) is 0. The van der Waals surface area contributed by atoms with E-state index in [1.54, 1.807) is 18.2 Å². The first-order valence-electron chi connectivity index (χ1n) is 5.15. The number of nitrogens with two attached hydrogens (primary N) is 1. The van der Waals surface area contributed by atoms with E-state index in [9.17, 15) is 4.79 Å². The van der Waals surface area contributed by atoms with Gasteiger partial charge in [0.15, 0.2) is 11.5 Å². The lowest BCUT2D eigenvalue weighted by Gasteiger charge is -2.06. The van der Waals surface area contributed by atoms with Crippen LogP contribution in [0.2, 0.25) is 5.02 Å². The number of carbonyl (C=O) groups excluding carboxylic acids is 1. The van der Waals surface area contributed by atoms with Crippen LogP contribution in [0.5, 0.6) is 0 Å². The van der Waals surface area contributed by atoms with Crippen LogP contribution in [0, 0.1) is 0 Å². The van der Waals surface area contributed by atoms with Gasteiger partial charge >= 0.3 is 5.97 Å². The predicted octanol–water partition coefficient (Wildman–Crippen LogP) is 2.07. The fourth-order valence-electron chi connectivity index (χ4n) is 1.33. The summed E-state index contributed by atoms with van der Waals surface area (Å²) in [4.78, 5) is 19.3. The first-order valence-corrected chi connectivity index (χ1v) is 5.53. The molecule has 92 valence electrons. The number of anilines is 1. The molecule has 5 nitrogen and oxygen atoms in total. The molecule has 0 unspecified atom stereocenters. The van der Waals surface area contributed by atoms with Crippen LogP contribution in [0.15, 0.2) is 36.7 Å². The topological polar surface area (TPSA) is 78.1 Å². The Morgan fingerprint density at radius 2 is 2.00 bits per heavy atom. The molecule has 0 aliphatic heterocycles. The lowest BCUT2D eigenvalue weighted by Crippen LogP contribution is -2.11. The monoisotopic (exact) mass is 263 g/mol. The molecule has 2 rings (SSSR count). The number of halogens is 1. The Hall–Kier alpha value is -2.14. The molecule has 0 saturated heterocycles. The van der Waals surface area contributed by atoms with E-state index < -0.39 is 5.97 Å². The number of nitrogens with zero attached hydrogens (tertiary/aromatic N) is 2. The quantitative estimate of drug-likeness (QED) is 0.858. The normalized spacial score (nSPS) is 10.1. The van der Waals surface area contributed by atoms with Crippen molar-refractivity contribution in [2.75, 3.05) is 5.73 Å². The summed E-state index contributed by atoms with van der Waals surface area (Å²) in [5.74, 6) is -0.581. The van der Waals surface area contributed by atoms with Gasteiger partial charge in [0.1, 0.15) is 6.61 Å². The van der Waals surface area contributed by atoms with Crippen LogP contribution in [0.1, 0.15) is 16.1 Å². The molecule has 0 aliphatic rings. The fraction of sp³-hybridized carbons (Fsp3) is 0.0833. The highest BCUT2D eigenvalue weighted by molar-refractivity contribution is 6.31. The minimum absolute atomic E-state index is 0.00422. The van der Waals surface area contributed by atoms with Gasteiger partial charge < -0.3 is 10.5 Å². The third kappa shape index (κ3) is 2.75. The molecule has 0 bridgehead atoms. The third-order valence-electron chi connectivity index (χ3n) is 2.24. The first kappa shape index (κ1) is 12.3. The van der Waals surface area contributed by atoms with Crippen LogP contribution in [0.25, 0.3) is 0 Å². The van der Waals surface area contributed by atoms with Gasteiger partial charge in [-0.2, -0.15) is 0 Å². The Balaban J connectivity index is 2.06. The van der Waals surface area contributed by atoms with Gasteiger partial charge in [0.25, 0.3) is 0 Å². The maximum Gasteiger partial charge on any atom is 0.361 e. The Morgan fingerprint density at radius 3 is 2.72 bits per heavy atom. The maximum absolute atomic E-state index is 11.7. The lowest BCUT2D eigenvalue weighted by molar-refractivity contribution is 0.0467. The number of carbonyl (C=O) groups is 1. The molecular formula is C12H10ClN3O2. The van der Waals surface area contributed by atoms with Gasteiger partial charge in [-0.1, -0.05) is 29.8 Å². The van der Waals surface area contributed by atoms with E-state index in [1.807, 2.05) is 6.07 Å². The van der Waals surface area contributed by atoms with Crippen molar-refractivity contribution in [1.82, 2.24) is 9.97 Å². The molecule has 1 aromatic carbocycles. The number of esters is 1. The molecule has 1 heterocycles. The lowest BCUT2D eigenvalue weighted by atomic mass is 10.2. The van der Waals surface area contributed by atoms with Crippen molar-refractivity contribution < 1.29 is 9.53 Å². The zero-order valence-electron chi connectivity index (χ0n) is 9.34. The highest BCUT2D eigenvalue weighted by atomic mass is 35.5. The zero-order valence-corrected chi connectivity index (χ0v) is 10.1. The number of nitrogen functional groups attached to an aromatic ring is 1. The summed E-state index contributed by atoms with van der Waals surface area (Å²) in [6, 6.07) is 7.11. The second kappa shape index (κ2) is 5.46. The predicted molar refractivity (Wildman–Crippen MR) is 67.0 cm³/mol. The van der Waals surface area contributed by atoms with Crippen molar-refractivity contribution in [3.8, 4) is 0 Å². The van der Waals surface area contributed by atoms with Crippen molar-refractivity contribution >= 4 is 23.4 Å². The van der Waals surface area contributed by atoms with Gasteiger partial charge in [-0.25, -0.2) is 14.8 Å². The average Bonchev–Trinajstić information content (AvgIpc) is 2.38. The molecular weight excluding hydrogens is 254 g/mol. The van der Waals surface area contributed by atoms with Crippen LogP contribution in [-0.4, -0.2) is 15.9 Å². The van der Waals surface area contributed by atoms with Gasteiger partial charge in [0.2, 0.25) is 0 Å². The molecule has 0 fully saturated rings. The molecule has 0 amide bonds. The Kier molecular flexibility index (Phi) is 3.74. The van der Waals surface area contributed by atoms with E-state index in [0.29, 0.717) is 5.02 Å². The second-order valence-corrected chi connectivity index (χ2v) is 3.86. The number of hydrogen-bond donors (Lipinski definition) is 1. The molecule has 0 saturated carbocycles. The minimum Gasteiger partial charge on any atom is -0.456 e. The van der Waals surface area contributed by atoms with Gasteiger partial charge in [0, 0.05) is 23.0 Å². The molecule has 0 spiro atoms. The van der Waals surface area contributed by atoms with Crippen LogP contribution in [0.4, 0.5) is 5.82 Å². The molecule has 0 atom stereocenters. The Morgan fingerprint density at radius 1 is 1.28 bits per heavy atom. The van der Waals surface area contributed by atoms with Crippen molar-refractivity contribution in [3.63, 3.8) is 0 Å². The largest absolute Gasteiger partial charge is 0.456 e. The van der Waals surface area contributed by atoms with Gasteiger partial charge in [-0.3, -0.25) is 0 Å². The highest BCUT2D eigenvalue weighted by Crippen LogP contribution is 2.16. The van der Waals surface area contributed by atoms with Gasteiger partial charge in [-0.15, -0.1) is 0 Å². The number of rotatable bonds is 3. The van der Waals surface area contributed by atoms with Crippen molar-refractivity contribution in [2.24, 2.45) is 0 Å². The van der Waals surface area contributed by atoms with E-state index in [4.69, 9.17) is 22.1 Å². The fourth-order valence-corrected chi connectivity index (χ4v) is 1.52. The standard InChI is InChI=1S/C12H10ClN3O2/c13-9-4-2-1-3-8(9)7-18-12(17)10-11(14)16-6-5-15-10/h1-6H,7H2,(H2,14,16). The van der Waals surface area contributed by atoms with Crippen LogP contribution < -0.4 is 5.73 Å². The number of hydrogen-bond acceptors (Lipinski definition) is 5. The summed E-state index contributed by atoms with van der Waals surface area (Å²) < 4.78 is 5.07. The van der Waals surface area contributed by atoms with Crippen LogP contribution in [-0.2, 0) is 11.3 Å². The summed E-state index contributed by atoms with van der Waals surface area (Å²) in [6.07, 6.45) is 2.78.